The Kier molecular flexibility index (Phi) is 5.76. The van der Waals surface area contributed by atoms with Crippen molar-refractivity contribution < 1.29 is 0 Å². The average Bonchev–Trinajstić information content (AvgIpc) is 2.97. The van der Waals surface area contributed by atoms with Gasteiger partial charge in [0.05, 0.1) is 0 Å². The molecule has 0 fully saturated rings. The summed E-state index contributed by atoms with van der Waals surface area (Å²) in [6.45, 7) is 2.07. The van der Waals surface area contributed by atoms with Crippen LogP contribution in [0.3, 0.4) is 0 Å². The summed E-state index contributed by atoms with van der Waals surface area (Å²) in [7, 11) is 0. The third-order valence-corrected chi connectivity index (χ3v) is 6.38. The van der Waals surface area contributed by atoms with Crippen LogP contribution in [-0.2, 0) is 6.42 Å². The molecule has 4 aromatic carbocycles. The Hall–Kier alpha value is -4.70. The monoisotopic (exact) mass is 464 g/mol. The number of pyridine rings is 1. The highest BCUT2D eigenvalue weighted by Gasteiger charge is 2.11. The number of rotatable bonds is 5. The molecule has 0 N–H and O–H groups in total. The topological polar surface area (TPSA) is 51.6 Å². The van der Waals surface area contributed by atoms with Crippen molar-refractivity contribution in [1.82, 2.24) is 19.9 Å². The van der Waals surface area contributed by atoms with E-state index in [1.807, 2.05) is 12.3 Å². The van der Waals surface area contributed by atoms with Crippen molar-refractivity contribution in [3.8, 4) is 45.0 Å². The van der Waals surface area contributed by atoms with Gasteiger partial charge in [-0.2, -0.15) is 0 Å². The zero-order valence-electron chi connectivity index (χ0n) is 20.0. The molecule has 0 amide bonds. The first-order valence-corrected chi connectivity index (χ1v) is 12.1. The van der Waals surface area contributed by atoms with Crippen molar-refractivity contribution in [3.05, 3.63) is 121 Å². The molecule has 0 unspecified atom stereocenters. The number of nitrogens with zero attached hydrogens (tertiary/aromatic N) is 4. The summed E-state index contributed by atoms with van der Waals surface area (Å²) in [5.41, 5.74) is 6.53. The van der Waals surface area contributed by atoms with Crippen molar-refractivity contribution in [2.45, 2.75) is 13.3 Å². The minimum Gasteiger partial charge on any atom is -0.264 e. The second-order valence-electron chi connectivity index (χ2n) is 8.68. The molecule has 6 rings (SSSR count). The maximum Gasteiger partial charge on any atom is 0.163 e. The van der Waals surface area contributed by atoms with Crippen LogP contribution >= 0.6 is 0 Å². The highest BCUT2D eigenvalue weighted by molar-refractivity contribution is 5.96. The predicted molar refractivity (Wildman–Crippen MR) is 146 cm³/mol. The lowest BCUT2D eigenvalue weighted by Crippen LogP contribution is -2.02. The lowest BCUT2D eigenvalue weighted by molar-refractivity contribution is 0.910. The van der Waals surface area contributed by atoms with Gasteiger partial charge in [-0.1, -0.05) is 104 Å². The Morgan fingerprint density at radius 1 is 0.528 bits per heavy atom. The SMILES string of the molecule is CCc1nc(-c2ccc(-c3cccnc3)cc2)nc(-c2ccc(-c3cccc4ccccc34)cc2)n1. The minimum absolute atomic E-state index is 0.688. The van der Waals surface area contributed by atoms with E-state index in [-0.39, 0.29) is 0 Å². The first kappa shape index (κ1) is 21.8. The van der Waals surface area contributed by atoms with Gasteiger partial charge in [0, 0.05) is 29.9 Å². The van der Waals surface area contributed by atoms with Crippen LogP contribution in [0.1, 0.15) is 12.7 Å². The molecular weight excluding hydrogens is 440 g/mol. The van der Waals surface area contributed by atoms with Crippen LogP contribution in [0.4, 0.5) is 0 Å². The first-order chi connectivity index (χ1) is 17.8. The summed E-state index contributed by atoms with van der Waals surface area (Å²) in [5.74, 6) is 2.16. The third-order valence-electron chi connectivity index (χ3n) is 6.38. The van der Waals surface area contributed by atoms with Crippen LogP contribution < -0.4 is 0 Å². The van der Waals surface area contributed by atoms with E-state index in [1.165, 1.54) is 21.9 Å². The van der Waals surface area contributed by atoms with Gasteiger partial charge in [-0.05, 0) is 39.1 Å². The van der Waals surface area contributed by atoms with E-state index in [9.17, 15) is 0 Å². The molecule has 172 valence electrons. The Morgan fingerprint density at radius 3 is 1.83 bits per heavy atom. The molecule has 4 heteroatoms. The van der Waals surface area contributed by atoms with E-state index in [1.54, 1.807) is 6.20 Å². The van der Waals surface area contributed by atoms with E-state index in [0.717, 1.165) is 34.5 Å². The Labute approximate surface area is 210 Å². The molecular formula is C32H24N4. The Balaban J connectivity index is 1.34. The molecule has 0 radical (unpaired) electrons. The summed E-state index contributed by atoms with van der Waals surface area (Å²) in [6.07, 6.45) is 4.39. The van der Waals surface area contributed by atoms with Gasteiger partial charge in [0.15, 0.2) is 11.6 Å². The fourth-order valence-electron chi connectivity index (χ4n) is 4.46. The standard InChI is InChI=1S/C32H24N4/c1-2-30-34-31(25-16-12-22(13-17-25)27-9-6-20-33-21-27)36-32(35-30)26-18-14-24(15-19-26)29-11-5-8-23-7-3-4-10-28(23)29/h3-21H,2H2,1H3. The van der Waals surface area contributed by atoms with Gasteiger partial charge in [-0.3, -0.25) is 4.98 Å². The second kappa shape index (κ2) is 9.51. The zero-order chi connectivity index (χ0) is 24.3. The Morgan fingerprint density at radius 2 is 1.17 bits per heavy atom. The Bertz CT molecular complexity index is 1640. The minimum atomic E-state index is 0.688. The largest absolute Gasteiger partial charge is 0.264 e. The number of aromatic nitrogens is 4. The van der Waals surface area contributed by atoms with Crippen LogP contribution in [-0.4, -0.2) is 19.9 Å². The number of aryl methyl sites for hydroxylation is 1. The van der Waals surface area contributed by atoms with Gasteiger partial charge in [0.1, 0.15) is 5.82 Å². The van der Waals surface area contributed by atoms with Crippen LogP contribution in [0.5, 0.6) is 0 Å². The third kappa shape index (κ3) is 4.25. The fourth-order valence-corrected chi connectivity index (χ4v) is 4.46. The van der Waals surface area contributed by atoms with Gasteiger partial charge in [-0.15, -0.1) is 0 Å². The molecule has 0 spiro atoms. The maximum atomic E-state index is 4.84. The maximum absolute atomic E-state index is 4.84. The molecule has 6 aromatic rings. The predicted octanol–water partition coefficient (Wildman–Crippen LogP) is 7.65. The summed E-state index contributed by atoms with van der Waals surface area (Å²) in [6, 6.07) is 35.7. The second-order valence-corrected chi connectivity index (χ2v) is 8.68. The van der Waals surface area contributed by atoms with Crippen LogP contribution in [0.2, 0.25) is 0 Å². The molecule has 0 aliphatic carbocycles. The number of hydrogen-bond donors (Lipinski definition) is 0. The zero-order valence-corrected chi connectivity index (χ0v) is 20.0. The van der Waals surface area contributed by atoms with Gasteiger partial charge in [0.2, 0.25) is 0 Å². The van der Waals surface area contributed by atoms with Crippen LogP contribution in [0.15, 0.2) is 116 Å². The van der Waals surface area contributed by atoms with Crippen molar-refractivity contribution in [3.63, 3.8) is 0 Å². The molecule has 0 aliphatic rings. The van der Waals surface area contributed by atoms with E-state index >= 15 is 0 Å². The van der Waals surface area contributed by atoms with Gasteiger partial charge in [-0.25, -0.2) is 15.0 Å². The van der Waals surface area contributed by atoms with Gasteiger partial charge < -0.3 is 0 Å². The van der Waals surface area contributed by atoms with E-state index in [0.29, 0.717) is 11.6 Å². The summed E-state index contributed by atoms with van der Waals surface area (Å²) < 4.78 is 0. The summed E-state index contributed by atoms with van der Waals surface area (Å²) in [5, 5.41) is 2.49. The summed E-state index contributed by atoms with van der Waals surface area (Å²) >= 11 is 0. The molecule has 0 saturated heterocycles. The van der Waals surface area contributed by atoms with Crippen molar-refractivity contribution >= 4 is 10.8 Å². The fraction of sp³-hybridized carbons (Fsp3) is 0.0625. The van der Waals surface area contributed by atoms with E-state index < -0.39 is 0 Å². The molecule has 4 nitrogen and oxygen atoms in total. The molecule has 36 heavy (non-hydrogen) atoms. The first-order valence-electron chi connectivity index (χ1n) is 12.1. The molecule has 0 bridgehead atoms. The lowest BCUT2D eigenvalue weighted by atomic mass is 9.97. The number of benzene rings is 4. The van der Waals surface area contributed by atoms with E-state index in [4.69, 9.17) is 15.0 Å². The average molecular weight is 465 g/mol. The lowest BCUT2D eigenvalue weighted by Gasteiger charge is -2.10. The molecule has 2 aromatic heterocycles. The molecule has 0 aliphatic heterocycles. The van der Waals surface area contributed by atoms with E-state index in [2.05, 4.69) is 109 Å². The van der Waals surface area contributed by atoms with Gasteiger partial charge in [0.25, 0.3) is 0 Å². The quantitative estimate of drug-likeness (QED) is 0.263. The highest BCUT2D eigenvalue weighted by Crippen LogP contribution is 2.30. The van der Waals surface area contributed by atoms with Crippen molar-refractivity contribution in [2.24, 2.45) is 0 Å². The van der Waals surface area contributed by atoms with Crippen LogP contribution in [0, 0.1) is 0 Å². The smallest absolute Gasteiger partial charge is 0.163 e. The van der Waals surface area contributed by atoms with Crippen molar-refractivity contribution in [1.29, 1.82) is 0 Å². The molecule has 2 heterocycles. The molecule has 0 saturated carbocycles. The highest BCUT2D eigenvalue weighted by atomic mass is 15.0. The normalized spacial score (nSPS) is 11.0. The number of fused-ring (bicyclic) bond motifs is 1. The molecule has 0 atom stereocenters. The van der Waals surface area contributed by atoms with Gasteiger partial charge >= 0.3 is 0 Å². The summed E-state index contributed by atoms with van der Waals surface area (Å²) in [4.78, 5) is 18.5. The van der Waals surface area contributed by atoms with Crippen LogP contribution in [0.25, 0.3) is 55.8 Å². The van der Waals surface area contributed by atoms with Crippen molar-refractivity contribution in [2.75, 3.05) is 0 Å². The number of hydrogen-bond acceptors (Lipinski definition) is 4.